The largest absolute Gasteiger partial charge is 0.492 e. The molecule has 0 bridgehead atoms. The molecule has 3 aromatic rings. The highest BCUT2D eigenvalue weighted by atomic mass is 35.5. The van der Waals surface area contributed by atoms with Gasteiger partial charge in [-0.25, -0.2) is 0 Å². The van der Waals surface area contributed by atoms with Gasteiger partial charge >= 0.3 is 0 Å². The summed E-state index contributed by atoms with van der Waals surface area (Å²) in [5, 5.41) is 3.79. The fourth-order valence-corrected chi connectivity index (χ4v) is 4.17. The molecule has 33 heavy (non-hydrogen) atoms. The van der Waals surface area contributed by atoms with Gasteiger partial charge in [0.15, 0.2) is 0 Å². The Kier molecular flexibility index (Phi) is 6.52. The van der Waals surface area contributed by atoms with Crippen molar-refractivity contribution in [2.24, 2.45) is 0 Å². The SMILES string of the molecule is Cc1cc(C)cc(OCCN2C(=O)C(Nc3ccc(Cl)cc3C)=C(c3ccccc3)C2=O)c1. The number of anilines is 1. The van der Waals surface area contributed by atoms with Gasteiger partial charge in [-0.1, -0.05) is 48.0 Å². The van der Waals surface area contributed by atoms with Crippen molar-refractivity contribution >= 4 is 34.7 Å². The molecule has 1 aliphatic heterocycles. The Morgan fingerprint density at radius 2 is 1.58 bits per heavy atom. The van der Waals surface area contributed by atoms with Crippen LogP contribution in [-0.2, 0) is 9.59 Å². The number of ether oxygens (including phenoxy) is 1. The lowest BCUT2D eigenvalue weighted by atomic mass is 10.0. The van der Waals surface area contributed by atoms with E-state index in [9.17, 15) is 9.59 Å². The van der Waals surface area contributed by atoms with E-state index in [2.05, 4.69) is 11.4 Å². The summed E-state index contributed by atoms with van der Waals surface area (Å²) >= 11 is 6.08. The summed E-state index contributed by atoms with van der Waals surface area (Å²) in [6.45, 7) is 6.25. The van der Waals surface area contributed by atoms with Gasteiger partial charge < -0.3 is 10.1 Å². The Balaban J connectivity index is 1.59. The number of imide groups is 1. The van der Waals surface area contributed by atoms with Crippen molar-refractivity contribution < 1.29 is 14.3 Å². The summed E-state index contributed by atoms with van der Waals surface area (Å²) in [6.07, 6.45) is 0. The smallest absolute Gasteiger partial charge is 0.278 e. The molecule has 0 saturated carbocycles. The molecular weight excluding hydrogens is 436 g/mol. The van der Waals surface area contributed by atoms with Crippen LogP contribution >= 0.6 is 11.6 Å². The third kappa shape index (κ3) is 4.94. The Morgan fingerprint density at radius 1 is 0.879 bits per heavy atom. The van der Waals surface area contributed by atoms with Gasteiger partial charge in [-0.05, 0) is 73.4 Å². The first-order chi connectivity index (χ1) is 15.8. The van der Waals surface area contributed by atoms with Gasteiger partial charge in [0.25, 0.3) is 11.8 Å². The third-order valence-electron chi connectivity index (χ3n) is 5.46. The van der Waals surface area contributed by atoms with Gasteiger partial charge in [-0.3, -0.25) is 14.5 Å². The second-order valence-electron chi connectivity index (χ2n) is 8.13. The van der Waals surface area contributed by atoms with Crippen molar-refractivity contribution in [3.8, 4) is 5.75 Å². The van der Waals surface area contributed by atoms with Crippen LogP contribution in [0.1, 0.15) is 22.3 Å². The molecule has 6 heteroatoms. The molecule has 0 radical (unpaired) electrons. The first kappa shape index (κ1) is 22.6. The highest BCUT2D eigenvalue weighted by Gasteiger charge is 2.39. The second-order valence-corrected chi connectivity index (χ2v) is 8.57. The predicted octanol–water partition coefficient (Wildman–Crippen LogP) is 5.54. The standard InChI is InChI=1S/C27H25ClN2O3/c1-17-13-18(2)15-22(14-17)33-12-11-30-26(31)24(20-7-5-4-6-8-20)25(27(30)32)29-23-10-9-21(28)16-19(23)3/h4-10,13-16,29H,11-12H2,1-3H3. The molecular formula is C27H25ClN2O3. The summed E-state index contributed by atoms with van der Waals surface area (Å²) < 4.78 is 5.85. The average Bonchev–Trinajstić information content (AvgIpc) is 3.00. The highest BCUT2D eigenvalue weighted by molar-refractivity contribution is 6.36. The number of nitrogens with zero attached hydrogens (tertiary/aromatic N) is 1. The molecule has 0 spiro atoms. The van der Waals surface area contributed by atoms with E-state index in [-0.39, 0.29) is 30.7 Å². The molecule has 4 rings (SSSR count). The van der Waals surface area contributed by atoms with Crippen molar-refractivity contribution in [2.45, 2.75) is 20.8 Å². The van der Waals surface area contributed by atoms with Gasteiger partial charge in [-0.15, -0.1) is 0 Å². The molecule has 3 aromatic carbocycles. The lowest BCUT2D eigenvalue weighted by Gasteiger charge is -2.16. The number of halogens is 1. The molecule has 0 atom stereocenters. The summed E-state index contributed by atoms with van der Waals surface area (Å²) in [5.41, 5.74) is 5.07. The lowest BCUT2D eigenvalue weighted by molar-refractivity contribution is -0.137. The lowest BCUT2D eigenvalue weighted by Crippen LogP contribution is -2.36. The molecule has 168 valence electrons. The molecule has 0 aromatic heterocycles. The maximum Gasteiger partial charge on any atom is 0.278 e. The van der Waals surface area contributed by atoms with Crippen molar-refractivity contribution in [3.63, 3.8) is 0 Å². The summed E-state index contributed by atoms with van der Waals surface area (Å²) in [4.78, 5) is 27.9. The van der Waals surface area contributed by atoms with Gasteiger partial charge in [0.2, 0.25) is 0 Å². The van der Waals surface area contributed by atoms with Crippen molar-refractivity contribution in [3.05, 3.63) is 99.7 Å². The number of hydrogen-bond acceptors (Lipinski definition) is 4. The van der Waals surface area contributed by atoms with E-state index in [4.69, 9.17) is 16.3 Å². The first-order valence-electron chi connectivity index (χ1n) is 10.7. The van der Waals surface area contributed by atoms with Crippen LogP contribution in [0.4, 0.5) is 5.69 Å². The number of nitrogens with one attached hydrogen (secondary N) is 1. The van der Waals surface area contributed by atoms with E-state index in [1.807, 2.05) is 69.3 Å². The fourth-order valence-electron chi connectivity index (χ4n) is 3.94. The monoisotopic (exact) mass is 460 g/mol. The third-order valence-corrected chi connectivity index (χ3v) is 5.69. The van der Waals surface area contributed by atoms with E-state index in [0.717, 1.165) is 28.1 Å². The maximum absolute atomic E-state index is 13.3. The zero-order valence-electron chi connectivity index (χ0n) is 18.8. The molecule has 5 nitrogen and oxygen atoms in total. The summed E-state index contributed by atoms with van der Waals surface area (Å²) in [7, 11) is 0. The Labute approximate surface area is 198 Å². The van der Waals surface area contributed by atoms with E-state index in [1.54, 1.807) is 12.1 Å². The normalized spacial score (nSPS) is 13.6. The summed E-state index contributed by atoms with van der Waals surface area (Å²) in [6, 6.07) is 20.5. The van der Waals surface area contributed by atoms with Crippen LogP contribution in [0.15, 0.2) is 72.4 Å². The van der Waals surface area contributed by atoms with E-state index < -0.39 is 0 Å². The van der Waals surface area contributed by atoms with Crippen LogP contribution in [0.3, 0.4) is 0 Å². The molecule has 0 aliphatic carbocycles. The molecule has 1 N–H and O–H groups in total. The van der Waals surface area contributed by atoms with Crippen LogP contribution in [-0.4, -0.2) is 29.9 Å². The molecule has 2 amide bonds. The van der Waals surface area contributed by atoms with Crippen molar-refractivity contribution in [2.75, 3.05) is 18.5 Å². The van der Waals surface area contributed by atoms with E-state index in [0.29, 0.717) is 16.2 Å². The zero-order valence-corrected chi connectivity index (χ0v) is 19.6. The van der Waals surface area contributed by atoms with Crippen LogP contribution in [0.2, 0.25) is 5.02 Å². The van der Waals surface area contributed by atoms with Gasteiger partial charge in [-0.2, -0.15) is 0 Å². The molecule has 0 saturated heterocycles. The molecule has 0 fully saturated rings. The summed E-state index contributed by atoms with van der Waals surface area (Å²) in [5.74, 6) is -0.000426. The molecule has 0 unspecified atom stereocenters. The number of hydrogen-bond donors (Lipinski definition) is 1. The van der Waals surface area contributed by atoms with E-state index in [1.165, 1.54) is 4.90 Å². The van der Waals surface area contributed by atoms with Crippen molar-refractivity contribution in [1.82, 2.24) is 4.90 Å². The molecule has 1 aliphatic rings. The predicted molar refractivity (Wildman–Crippen MR) is 131 cm³/mol. The average molecular weight is 461 g/mol. The number of rotatable bonds is 7. The Morgan fingerprint density at radius 3 is 2.24 bits per heavy atom. The number of benzene rings is 3. The number of amides is 2. The number of carbonyl (C=O) groups is 2. The minimum Gasteiger partial charge on any atom is -0.492 e. The zero-order chi connectivity index (χ0) is 23.5. The number of carbonyl (C=O) groups excluding carboxylic acids is 2. The number of aryl methyl sites for hydroxylation is 3. The van der Waals surface area contributed by atoms with Gasteiger partial charge in [0.1, 0.15) is 18.1 Å². The Bertz CT molecular complexity index is 1230. The minimum absolute atomic E-state index is 0.145. The van der Waals surface area contributed by atoms with Gasteiger partial charge in [0, 0.05) is 10.7 Å². The van der Waals surface area contributed by atoms with Crippen LogP contribution < -0.4 is 10.1 Å². The Hall–Kier alpha value is -3.57. The van der Waals surface area contributed by atoms with Gasteiger partial charge in [0.05, 0.1) is 12.1 Å². The first-order valence-corrected chi connectivity index (χ1v) is 11.1. The minimum atomic E-state index is -0.378. The topological polar surface area (TPSA) is 58.6 Å². The molecule has 1 heterocycles. The van der Waals surface area contributed by atoms with Crippen LogP contribution in [0.5, 0.6) is 5.75 Å². The van der Waals surface area contributed by atoms with Crippen LogP contribution in [0, 0.1) is 20.8 Å². The van der Waals surface area contributed by atoms with E-state index >= 15 is 0 Å². The second kappa shape index (κ2) is 9.51. The quantitative estimate of drug-likeness (QED) is 0.470. The van der Waals surface area contributed by atoms with Crippen LogP contribution in [0.25, 0.3) is 5.57 Å². The fraction of sp³-hybridized carbons (Fsp3) is 0.185. The van der Waals surface area contributed by atoms with Crippen molar-refractivity contribution in [1.29, 1.82) is 0 Å². The highest BCUT2D eigenvalue weighted by Crippen LogP contribution is 2.31. The maximum atomic E-state index is 13.3.